The normalized spacial score (nSPS) is 12.6. The summed E-state index contributed by atoms with van der Waals surface area (Å²) in [5, 5.41) is 9.23. The number of halogens is 3. The molecule has 3 amide bonds. The number of hydrogen-bond donors (Lipinski definition) is 4. The number of carbonyl (C=O) groups is 3. The van der Waals surface area contributed by atoms with E-state index >= 15 is 0 Å². The van der Waals surface area contributed by atoms with E-state index in [-0.39, 0.29) is 48.0 Å². The smallest absolute Gasteiger partial charge is 0.491 e. The molecule has 11 nitrogen and oxygen atoms in total. The number of amides is 3. The number of esters is 1. The zero-order valence-electron chi connectivity index (χ0n) is 26.1. The molecule has 5 N–H and O–H groups in total. The maximum absolute atomic E-state index is 14.2. The fourth-order valence-electron chi connectivity index (χ4n) is 4.55. The van der Waals surface area contributed by atoms with Crippen LogP contribution in [0.15, 0.2) is 79.0 Å². The second kappa shape index (κ2) is 14.3. The predicted molar refractivity (Wildman–Crippen MR) is 171 cm³/mol. The number of anilines is 3. The molecule has 0 spiro atoms. The van der Waals surface area contributed by atoms with E-state index in [1.807, 2.05) is 13.8 Å². The van der Waals surface area contributed by atoms with Gasteiger partial charge in [-0.25, -0.2) is 14.6 Å². The van der Waals surface area contributed by atoms with Gasteiger partial charge >= 0.3 is 18.2 Å². The van der Waals surface area contributed by atoms with Crippen LogP contribution in [0.2, 0.25) is 0 Å². The predicted octanol–water partition coefficient (Wildman–Crippen LogP) is 5.77. The Hall–Kier alpha value is -5.53. The lowest BCUT2D eigenvalue weighted by Crippen LogP contribution is -2.54. The molecule has 1 atom stereocenters. The number of nitrogens with one attached hydrogen (secondary N) is 3. The standard InChI is InChI=1S/C33H35F3N6O5/c1-5-46-26-11-7-9-23(18-26)32(47-30(44)33(34,35)36,41-25-12-13-27-22(17-25)14-15-38-28(27)37)29(43)39-19-21-8-6-10-24(16-21)40-31(45)42(4)20(2)3/h6-18,20,41H,5,19H2,1-4H3,(H2,37,38)(H,39,43)(H,40,45). The van der Waals surface area contributed by atoms with Gasteiger partial charge in [-0.3, -0.25) is 4.79 Å². The van der Waals surface area contributed by atoms with E-state index in [1.165, 1.54) is 41.4 Å². The summed E-state index contributed by atoms with van der Waals surface area (Å²) in [5.41, 5.74) is 4.13. The van der Waals surface area contributed by atoms with Crippen molar-refractivity contribution < 1.29 is 37.0 Å². The van der Waals surface area contributed by atoms with Crippen molar-refractivity contribution in [2.24, 2.45) is 0 Å². The third-order valence-corrected chi connectivity index (χ3v) is 7.19. The first-order valence-electron chi connectivity index (χ1n) is 14.6. The molecule has 1 aromatic heterocycles. The first-order chi connectivity index (χ1) is 22.2. The Morgan fingerprint density at radius 1 is 0.979 bits per heavy atom. The van der Waals surface area contributed by atoms with Crippen LogP contribution < -0.4 is 26.4 Å². The Morgan fingerprint density at radius 2 is 1.72 bits per heavy atom. The summed E-state index contributed by atoms with van der Waals surface area (Å²) >= 11 is 0. The number of urea groups is 1. The van der Waals surface area contributed by atoms with Gasteiger partial charge in [0.15, 0.2) is 0 Å². The Kier molecular flexibility index (Phi) is 10.4. The minimum Gasteiger partial charge on any atom is -0.494 e. The van der Waals surface area contributed by atoms with Crippen molar-refractivity contribution in [3.8, 4) is 5.75 Å². The number of nitrogen functional groups attached to an aromatic ring is 1. The van der Waals surface area contributed by atoms with Gasteiger partial charge in [0, 0.05) is 48.2 Å². The molecule has 0 aliphatic heterocycles. The average molecular weight is 653 g/mol. The second-order valence-electron chi connectivity index (χ2n) is 10.8. The Balaban J connectivity index is 1.76. The van der Waals surface area contributed by atoms with Gasteiger partial charge in [-0.1, -0.05) is 24.3 Å². The van der Waals surface area contributed by atoms with Crippen molar-refractivity contribution in [3.05, 3.63) is 90.1 Å². The SMILES string of the molecule is CCOc1cccc(C(Nc2ccc3c(N)nccc3c2)(OC(=O)C(F)(F)F)C(=O)NCc2cccc(NC(=O)N(C)C(C)C)c2)c1. The number of ether oxygens (including phenoxy) is 2. The number of rotatable bonds is 11. The van der Waals surface area contributed by atoms with Gasteiger partial charge in [0.1, 0.15) is 11.6 Å². The van der Waals surface area contributed by atoms with Gasteiger partial charge in [0.25, 0.3) is 11.6 Å². The van der Waals surface area contributed by atoms with Crippen LogP contribution in [0.4, 0.5) is 35.2 Å². The van der Waals surface area contributed by atoms with Crippen molar-refractivity contribution in [1.29, 1.82) is 0 Å². The molecule has 0 aliphatic carbocycles. The van der Waals surface area contributed by atoms with Crippen molar-refractivity contribution in [1.82, 2.24) is 15.2 Å². The third kappa shape index (κ3) is 8.20. The molecule has 4 aromatic rings. The number of benzene rings is 3. The van der Waals surface area contributed by atoms with Crippen molar-refractivity contribution in [2.75, 3.05) is 30.0 Å². The molecule has 14 heteroatoms. The first-order valence-corrected chi connectivity index (χ1v) is 14.6. The highest BCUT2D eigenvalue weighted by atomic mass is 19.4. The lowest BCUT2D eigenvalue weighted by molar-refractivity contribution is -0.213. The summed E-state index contributed by atoms with van der Waals surface area (Å²) in [5.74, 6) is -3.28. The van der Waals surface area contributed by atoms with Gasteiger partial charge in [-0.2, -0.15) is 13.2 Å². The van der Waals surface area contributed by atoms with E-state index < -0.39 is 23.8 Å². The van der Waals surface area contributed by atoms with E-state index in [0.29, 0.717) is 22.0 Å². The number of nitrogens with zero attached hydrogens (tertiary/aromatic N) is 2. The Bertz CT molecular complexity index is 1770. The minimum atomic E-state index is -5.44. The molecule has 0 saturated carbocycles. The van der Waals surface area contributed by atoms with Crippen LogP contribution in [-0.4, -0.2) is 53.7 Å². The Labute approximate surface area is 269 Å². The lowest BCUT2D eigenvalue weighted by Gasteiger charge is -2.34. The van der Waals surface area contributed by atoms with Crippen LogP contribution >= 0.6 is 0 Å². The molecule has 0 bridgehead atoms. The number of aromatic nitrogens is 1. The molecule has 0 aliphatic rings. The van der Waals surface area contributed by atoms with E-state index in [4.69, 9.17) is 15.2 Å². The molecular weight excluding hydrogens is 617 g/mol. The summed E-state index contributed by atoms with van der Waals surface area (Å²) in [6, 6.07) is 18.0. The molecule has 0 saturated heterocycles. The van der Waals surface area contributed by atoms with Gasteiger partial charge in [-0.05, 0) is 80.3 Å². The molecule has 1 unspecified atom stereocenters. The Morgan fingerprint density at radius 3 is 2.43 bits per heavy atom. The van der Waals surface area contributed by atoms with E-state index in [9.17, 15) is 27.6 Å². The minimum absolute atomic E-state index is 0.0599. The molecule has 1 heterocycles. The van der Waals surface area contributed by atoms with Crippen molar-refractivity contribution >= 4 is 45.9 Å². The van der Waals surface area contributed by atoms with Crippen LogP contribution in [0, 0.1) is 0 Å². The molecule has 248 valence electrons. The van der Waals surface area contributed by atoms with Crippen LogP contribution in [0.1, 0.15) is 31.9 Å². The maximum Gasteiger partial charge on any atom is 0.491 e. The summed E-state index contributed by atoms with van der Waals surface area (Å²) < 4.78 is 51.9. The monoisotopic (exact) mass is 652 g/mol. The van der Waals surface area contributed by atoms with E-state index in [1.54, 1.807) is 56.4 Å². The van der Waals surface area contributed by atoms with Crippen molar-refractivity contribution in [2.45, 2.75) is 45.3 Å². The van der Waals surface area contributed by atoms with Crippen LogP contribution in [0.25, 0.3) is 10.8 Å². The first kappa shape index (κ1) is 34.3. The molecular formula is C33H35F3N6O5. The van der Waals surface area contributed by atoms with Gasteiger partial charge < -0.3 is 36.1 Å². The molecule has 0 radical (unpaired) electrons. The van der Waals surface area contributed by atoms with E-state index in [2.05, 4.69) is 20.9 Å². The third-order valence-electron chi connectivity index (χ3n) is 7.19. The van der Waals surface area contributed by atoms with Gasteiger partial charge in [0.2, 0.25) is 0 Å². The zero-order chi connectivity index (χ0) is 34.4. The average Bonchev–Trinajstić information content (AvgIpc) is 3.03. The fraction of sp³-hybridized carbons (Fsp3) is 0.273. The fourth-order valence-corrected chi connectivity index (χ4v) is 4.55. The summed E-state index contributed by atoms with van der Waals surface area (Å²) in [6.45, 7) is 5.43. The number of nitrogens with two attached hydrogens (primary N) is 1. The second-order valence-corrected chi connectivity index (χ2v) is 10.8. The lowest BCUT2D eigenvalue weighted by atomic mass is 9.99. The number of pyridine rings is 1. The summed E-state index contributed by atoms with van der Waals surface area (Å²) in [7, 11) is 1.64. The highest BCUT2D eigenvalue weighted by molar-refractivity contribution is 5.96. The van der Waals surface area contributed by atoms with E-state index in [0.717, 1.165) is 0 Å². The van der Waals surface area contributed by atoms with Crippen LogP contribution in [0.3, 0.4) is 0 Å². The largest absolute Gasteiger partial charge is 0.494 e. The quantitative estimate of drug-likeness (QED) is 0.118. The molecule has 0 fully saturated rings. The number of carbonyl (C=O) groups excluding carboxylic acids is 3. The highest BCUT2D eigenvalue weighted by Gasteiger charge is 2.52. The molecule has 47 heavy (non-hydrogen) atoms. The van der Waals surface area contributed by atoms with Gasteiger partial charge in [-0.15, -0.1) is 0 Å². The number of alkyl halides is 3. The van der Waals surface area contributed by atoms with Gasteiger partial charge in [0.05, 0.1) is 6.61 Å². The van der Waals surface area contributed by atoms with Crippen LogP contribution in [-0.2, 0) is 26.6 Å². The van der Waals surface area contributed by atoms with Crippen LogP contribution in [0.5, 0.6) is 5.75 Å². The zero-order valence-corrected chi connectivity index (χ0v) is 26.1. The highest BCUT2D eigenvalue weighted by Crippen LogP contribution is 2.35. The summed E-state index contributed by atoms with van der Waals surface area (Å²) in [6.07, 6.45) is -3.99. The maximum atomic E-state index is 14.2. The van der Waals surface area contributed by atoms with Crippen molar-refractivity contribution in [3.63, 3.8) is 0 Å². The molecule has 3 aromatic carbocycles. The number of fused-ring (bicyclic) bond motifs is 1. The number of hydrogen-bond acceptors (Lipinski definition) is 8. The molecule has 4 rings (SSSR count). The summed E-state index contributed by atoms with van der Waals surface area (Å²) in [4.78, 5) is 44.7. The topological polar surface area (TPSA) is 148 Å².